The first-order chi connectivity index (χ1) is 14.3. The average Bonchev–Trinajstić information content (AvgIpc) is 2.72. The van der Waals surface area contributed by atoms with Crippen molar-refractivity contribution in [2.24, 2.45) is 0 Å². The summed E-state index contributed by atoms with van der Waals surface area (Å²) in [6.45, 7) is 5.06. The number of benzene rings is 2. The average molecular weight is 408 g/mol. The molecule has 0 spiro atoms. The Kier molecular flexibility index (Phi) is 6.30. The summed E-state index contributed by atoms with van der Waals surface area (Å²) in [6.07, 6.45) is -1.20. The minimum atomic E-state index is -1.08. The highest BCUT2D eigenvalue weighted by Gasteiger charge is 2.31. The van der Waals surface area contributed by atoms with E-state index < -0.39 is 18.0 Å². The number of nitrogens with zero attached hydrogens (tertiary/aromatic N) is 1. The molecule has 1 aliphatic heterocycles. The minimum Gasteiger partial charge on any atom is -0.453 e. The van der Waals surface area contributed by atoms with E-state index in [1.807, 2.05) is 26.0 Å². The van der Waals surface area contributed by atoms with Crippen molar-refractivity contribution in [3.8, 4) is 0 Å². The largest absolute Gasteiger partial charge is 0.453 e. The van der Waals surface area contributed by atoms with Gasteiger partial charge in [-0.25, -0.2) is 0 Å². The standard InChI is InChI=1S/C23H24N2O5/c1-14-8-9-15(2)17(12-14)20(26)10-11-22(28)30-16(3)23(29)25-13-21(27)24-18-6-4-5-7-19(18)25/h4-9,12,16H,10-11,13H2,1-3H3,(H,24,27)/t16-/m0/s1. The number of anilines is 2. The number of aryl methyl sites for hydroxylation is 2. The number of ether oxygens (including phenoxy) is 1. The summed E-state index contributed by atoms with van der Waals surface area (Å²) >= 11 is 0. The molecule has 0 aliphatic carbocycles. The number of Topliss-reactive ketones (excluding diaryl/α,β-unsaturated/α-hetero) is 1. The van der Waals surface area contributed by atoms with Crippen LogP contribution in [-0.2, 0) is 19.1 Å². The van der Waals surface area contributed by atoms with Crippen LogP contribution in [0.25, 0.3) is 0 Å². The molecule has 0 fully saturated rings. The van der Waals surface area contributed by atoms with E-state index >= 15 is 0 Å². The van der Waals surface area contributed by atoms with E-state index in [1.165, 1.54) is 11.8 Å². The van der Waals surface area contributed by atoms with Crippen molar-refractivity contribution < 1.29 is 23.9 Å². The molecule has 2 aromatic rings. The first kappa shape index (κ1) is 21.2. The molecule has 1 N–H and O–H groups in total. The van der Waals surface area contributed by atoms with Crippen molar-refractivity contribution in [1.29, 1.82) is 0 Å². The molecular formula is C23H24N2O5. The van der Waals surface area contributed by atoms with Gasteiger partial charge in [0, 0.05) is 12.0 Å². The molecule has 3 rings (SSSR count). The zero-order valence-electron chi connectivity index (χ0n) is 17.2. The molecule has 0 unspecified atom stereocenters. The smallest absolute Gasteiger partial charge is 0.307 e. The highest BCUT2D eigenvalue weighted by atomic mass is 16.5. The molecule has 2 aromatic carbocycles. The topological polar surface area (TPSA) is 92.8 Å². The van der Waals surface area contributed by atoms with Crippen LogP contribution in [0.4, 0.5) is 11.4 Å². The molecule has 30 heavy (non-hydrogen) atoms. The van der Waals surface area contributed by atoms with Gasteiger partial charge in [0.25, 0.3) is 5.91 Å². The number of esters is 1. The lowest BCUT2D eigenvalue weighted by Crippen LogP contribution is -2.47. The quantitative estimate of drug-likeness (QED) is 0.585. The summed E-state index contributed by atoms with van der Waals surface area (Å²) < 4.78 is 5.24. The lowest BCUT2D eigenvalue weighted by molar-refractivity contribution is -0.153. The lowest BCUT2D eigenvalue weighted by Gasteiger charge is -2.30. The van der Waals surface area contributed by atoms with Crippen LogP contribution in [-0.4, -0.2) is 36.2 Å². The van der Waals surface area contributed by atoms with Gasteiger partial charge in [0.05, 0.1) is 17.8 Å². The van der Waals surface area contributed by atoms with E-state index in [0.717, 1.165) is 11.1 Å². The molecule has 2 amide bonds. The second-order valence-electron chi connectivity index (χ2n) is 7.36. The number of ketones is 1. The molecule has 0 saturated heterocycles. The zero-order chi connectivity index (χ0) is 21.8. The number of nitrogens with one attached hydrogen (secondary N) is 1. The number of carbonyl (C=O) groups excluding carboxylic acids is 4. The molecule has 0 saturated carbocycles. The summed E-state index contributed by atoms with van der Waals surface area (Å²) in [4.78, 5) is 50.6. The van der Waals surface area contributed by atoms with E-state index in [4.69, 9.17) is 4.74 Å². The van der Waals surface area contributed by atoms with Crippen molar-refractivity contribution in [3.05, 3.63) is 59.2 Å². The number of para-hydroxylation sites is 2. The third kappa shape index (κ3) is 4.74. The molecule has 1 heterocycles. The van der Waals surface area contributed by atoms with Gasteiger partial charge in [0.1, 0.15) is 6.54 Å². The Labute approximate surface area is 175 Å². The molecule has 0 radical (unpaired) electrons. The zero-order valence-corrected chi connectivity index (χ0v) is 17.2. The van der Waals surface area contributed by atoms with Crippen LogP contribution >= 0.6 is 0 Å². The Balaban J connectivity index is 1.59. The van der Waals surface area contributed by atoms with Gasteiger partial charge in [-0.1, -0.05) is 29.8 Å². The van der Waals surface area contributed by atoms with E-state index in [9.17, 15) is 19.2 Å². The summed E-state index contributed by atoms with van der Waals surface area (Å²) in [5.41, 5.74) is 3.49. The predicted molar refractivity (Wildman–Crippen MR) is 112 cm³/mol. The van der Waals surface area contributed by atoms with Gasteiger partial charge >= 0.3 is 5.97 Å². The third-order valence-corrected chi connectivity index (χ3v) is 4.94. The highest BCUT2D eigenvalue weighted by molar-refractivity contribution is 6.11. The predicted octanol–water partition coefficient (Wildman–Crippen LogP) is 3.18. The maximum absolute atomic E-state index is 12.8. The minimum absolute atomic E-state index is 0.00100. The second kappa shape index (κ2) is 8.90. The maximum atomic E-state index is 12.8. The van der Waals surface area contributed by atoms with Crippen LogP contribution in [0.2, 0.25) is 0 Å². The molecule has 1 atom stereocenters. The van der Waals surface area contributed by atoms with Crippen molar-refractivity contribution in [2.45, 2.75) is 39.7 Å². The fourth-order valence-corrected chi connectivity index (χ4v) is 3.34. The Morgan fingerprint density at radius 2 is 1.83 bits per heavy atom. The van der Waals surface area contributed by atoms with Gasteiger partial charge in [-0.2, -0.15) is 0 Å². The highest BCUT2D eigenvalue weighted by Crippen LogP contribution is 2.29. The number of carbonyl (C=O) groups is 4. The first-order valence-corrected chi connectivity index (χ1v) is 9.76. The molecule has 0 aromatic heterocycles. The van der Waals surface area contributed by atoms with Crippen LogP contribution in [0, 0.1) is 13.8 Å². The summed E-state index contributed by atoms with van der Waals surface area (Å²) in [5, 5.41) is 2.70. The molecule has 0 bridgehead atoms. The van der Waals surface area contributed by atoms with Gasteiger partial charge < -0.3 is 10.1 Å². The van der Waals surface area contributed by atoms with E-state index in [-0.39, 0.29) is 31.1 Å². The number of rotatable bonds is 6. The van der Waals surface area contributed by atoms with Crippen LogP contribution < -0.4 is 10.2 Å². The molecular weight excluding hydrogens is 384 g/mol. The number of hydrogen-bond donors (Lipinski definition) is 1. The van der Waals surface area contributed by atoms with Gasteiger partial charge in [0.2, 0.25) is 5.91 Å². The van der Waals surface area contributed by atoms with Crippen LogP contribution in [0.3, 0.4) is 0 Å². The van der Waals surface area contributed by atoms with Crippen LogP contribution in [0.1, 0.15) is 41.3 Å². The number of fused-ring (bicyclic) bond motifs is 1. The van der Waals surface area contributed by atoms with Gasteiger partial charge in [0.15, 0.2) is 11.9 Å². The van der Waals surface area contributed by atoms with Crippen molar-refractivity contribution in [2.75, 3.05) is 16.8 Å². The first-order valence-electron chi connectivity index (χ1n) is 9.76. The number of amides is 2. The fraction of sp³-hybridized carbons (Fsp3) is 0.304. The van der Waals surface area contributed by atoms with Crippen LogP contribution in [0.15, 0.2) is 42.5 Å². The van der Waals surface area contributed by atoms with E-state index in [1.54, 1.807) is 30.3 Å². The van der Waals surface area contributed by atoms with E-state index in [0.29, 0.717) is 16.9 Å². The van der Waals surface area contributed by atoms with Crippen LogP contribution in [0.5, 0.6) is 0 Å². The van der Waals surface area contributed by atoms with Crippen molar-refractivity contribution >= 4 is 34.9 Å². The third-order valence-electron chi connectivity index (χ3n) is 4.94. The van der Waals surface area contributed by atoms with Crippen molar-refractivity contribution in [1.82, 2.24) is 0 Å². The Morgan fingerprint density at radius 3 is 2.60 bits per heavy atom. The fourth-order valence-electron chi connectivity index (χ4n) is 3.34. The number of hydrogen-bond acceptors (Lipinski definition) is 5. The molecule has 7 heteroatoms. The SMILES string of the molecule is Cc1ccc(C)c(C(=O)CCC(=O)O[C@@H](C)C(=O)N2CC(=O)Nc3ccccc32)c1. The molecule has 156 valence electrons. The monoisotopic (exact) mass is 408 g/mol. The Hall–Kier alpha value is -3.48. The molecule has 7 nitrogen and oxygen atoms in total. The summed E-state index contributed by atoms with van der Waals surface area (Å²) in [7, 11) is 0. The van der Waals surface area contributed by atoms with Crippen molar-refractivity contribution in [3.63, 3.8) is 0 Å². The maximum Gasteiger partial charge on any atom is 0.307 e. The van der Waals surface area contributed by atoms with E-state index in [2.05, 4.69) is 5.32 Å². The molecule has 1 aliphatic rings. The van der Waals surface area contributed by atoms with Gasteiger partial charge in [-0.15, -0.1) is 0 Å². The van der Waals surface area contributed by atoms with Gasteiger partial charge in [-0.05, 0) is 44.5 Å². The second-order valence-corrected chi connectivity index (χ2v) is 7.36. The Morgan fingerprint density at radius 1 is 1.10 bits per heavy atom. The van der Waals surface area contributed by atoms with Gasteiger partial charge in [-0.3, -0.25) is 24.1 Å². The normalized spacial score (nSPS) is 13.8. The Bertz CT molecular complexity index is 1010. The summed E-state index contributed by atoms with van der Waals surface area (Å²) in [6, 6.07) is 12.5. The summed E-state index contributed by atoms with van der Waals surface area (Å²) in [5.74, 6) is -1.59. The lowest BCUT2D eigenvalue weighted by atomic mass is 9.99.